The van der Waals surface area contributed by atoms with Crippen LogP contribution in [0.2, 0.25) is 0 Å². The Hall–Kier alpha value is -2.30. The van der Waals surface area contributed by atoms with Crippen molar-refractivity contribution in [3.8, 4) is 0 Å². The maximum Gasteiger partial charge on any atom is 0.270 e. The molecule has 0 bridgehead atoms. The largest absolute Gasteiger partial charge is 0.354 e. The predicted octanol–water partition coefficient (Wildman–Crippen LogP) is 2.54. The number of rotatable bonds is 3. The number of para-hydroxylation sites is 1. The molecule has 1 saturated heterocycles. The van der Waals surface area contributed by atoms with Gasteiger partial charge in [0.15, 0.2) is 0 Å². The van der Waals surface area contributed by atoms with E-state index in [4.69, 9.17) is 0 Å². The lowest BCUT2D eigenvalue weighted by atomic mass is 9.96. The predicted molar refractivity (Wildman–Crippen MR) is 90.2 cm³/mol. The van der Waals surface area contributed by atoms with Crippen molar-refractivity contribution in [1.82, 2.24) is 15.2 Å². The summed E-state index contributed by atoms with van der Waals surface area (Å²) in [5.74, 6) is -0.0862. The first-order valence-corrected chi connectivity index (χ1v) is 8.22. The molecule has 5 nitrogen and oxygen atoms in total. The summed E-state index contributed by atoms with van der Waals surface area (Å²) < 4.78 is 0. The zero-order valence-corrected chi connectivity index (χ0v) is 13.6. The molecule has 5 heteroatoms. The molecule has 1 aromatic carbocycles. The SMILES string of the molecule is CC(C)NC(=O)[C@@H]1CCCN(C(=O)c2cc3ccccc3[nH]2)C1. The van der Waals surface area contributed by atoms with E-state index in [1.54, 1.807) is 4.90 Å². The summed E-state index contributed by atoms with van der Waals surface area (Å²) in [6.45, 7) is 5.11. The van der Waals surface area contributed by atoms with Gasteiger partial charge in [-0.25, -0.2) is 0 Å². The number of amides is 2. The van der Waals surface area contributed by atoms with Gasteiger partial charge in [0.05, 0.1) is 5.92 Å². The van der Waals surface area contributed by atoms with E-state index < -0.39 is 0 Å². The lowest BCUT2D eigenvalue weighted by Crippen LogP contribution is -2.46. The number of hydrogen-bond donors (Lipinski definition) is 2. The van der Waals surface area contributed by atoms with Crippen LogP contribution in [0.15, 0.2) is 30.3 Å². The summed E-state index contributed by atoms with van der Waals surface area (Å²) in [5, 5.41) is 3.98. The molecule has 2 heterocycles. The average Bonchev–Trinajstić information content (AvgIpc) is 2.97. The van der Waals surface area contributed by atoms with Gasteiger partial charge < -0.3 is 15.2 Å². The summed E-state index contributed by atoms with van der Waals surface area (Å²) in [4.78, 5) is 29.9. The Morgan fingerprint density at radius 1 is 1.30 bits per heavy atom. The Kier molecular flexibility index (Phi) is 4.37. The first kappa shape index (κ1) is 15.6. The van der Waals surface area contributed by atoms with Gasteiger partial charge in [-0.05, 0) is 38.8 Å². The van der Waals surface area contributed by atoms with Crippen LogP contribution in [-0.2, 0) is 4.79 Å². The third-order valence-corrected chi connectivity index (χ3v) is 4.27. The lowest BCUT2D eigenvalue weighted by Gasteiger charge is -2.32. The highest BCUT2D eigenvalue weighted by molar-refractivity contribution is 5.98. The van der Waals surface area contributed by atoms with Gasteiger partial charge >= 0.3 is 0 Å². The number of piperidine rings is 1. The third kappa shape index (κ3) is 3.38. The molecule has 0 unspecified atom stereocenters. The number of aromatic amines is 1. The van der Waals surface area contributed by atoms with Gasteiger partial charge in [-0.2, -0.15) is 0 Å². The maximum absolute atomic E-state index is 12.7. The quantitative estimate of drug-likeness (QED) is 0.914. The minimum atomic E-state index is -0.112. The van der Waals surface area contributed by atoms with Crippen LogP contribution >= 0.6 is 0 Å². The van der Waals surface area contributed by atoms with Crippen molar-refractivity contribution in [3.05, 3.63) is 36.0 Å². The molecule has 0 aliphatic carbocycles. The van der Waals surface area contributed by atoms with E-state index in [1.165, 1.54) is 0 Å². The highest BCUT2D eigenvalue weighted by atomic mass is 16.2. The molecular weight excluding hydrogens is 290 g/mol. The van der Waals surface area contributed by atoms with Gasteiger partial charge in [0.2, 0.25) is 5.91 Å². The minimum Gasteiger partial charge on any atom is -0.354 e. The first-order valence-electron chi connectivity index (χ1n) is 8.22. The average molecular weight is 313 g/mol. The van der Waals surface area contributed by atoms with E-state index in [1.807, 2.05) is 44.2 Å². The van der Waals surface area contributed by atoms with Gasteiger partial charge in [-0.1, -0.05) is 18.2 Å². The number of hydrogen-bond acceptors (Lipinski definition) is 2. The zero-order chi connectivity index (χ0) is 16.4. The maximum atomic E-state index is 12.7. The fourth-order valence-electron chi connectivity index (χ4n) is 3.14. The Morgan fingerprint density at radius 2 is 2.09 bits per heavy atom. The van der Waals surface area contributed by atoms with Crippen LogP contribution in [0.25, 0.3) is 10.9 Å². The lowest BCUT2D eigenvalue weighted by molar-refractivity contribution is -0.126. The van der Waals surface area contributed by atoms with Crippen LogP contribution in [-0.4, -0.2) is 40.8 Å². The van der Waals surface area contributed by atoms with Crippen molar-refractivity contribution in [2.75, 3.05) is 13.1 Å². The number of benzene rings is 1. The molecule has 2 N–H and O–H groups in total. The van der Waals surface area contributed by atoms with Gasteiger partial charge in [-0.3, -0.25) is 9.59 Å². The Morgan fingerprint density at radius 3 is 2.83 bits per heavy atom. The van der Waals surface area contributed by atoms with Crippen molar-refractivity contribution in [3.63, 3.8) is 0 Å². The number of likely N-dealkylation sites (tertiary alicyclic amines) is 1. The smallest absolute Gasteiger partial charge is 0.270 e. The molecule has 0 spiro atoms. The summed E-state index contributed by atoms with van der Waals surface area (Å²) in [5.41, 5.74) is 1.55. The number of aromatic nitrogens is 1. The minimum absolute atomic E-state index is 0.0248. The number of fused-ring (bicyclic) bond motifs is 1. The van der Waals surface area contributed by atoms with Crippen molar-refractivity contribution in [1.29, 1.82) is 0 Å². The molecule has 1 fully saturated rings. The van der Waals surface area contributed by atoms with Gasteiger partial charge in [0.1, 0.15) is 5.69 Å². The Labute approximate surface area is 136 Å². The van der Waals surface area contributed by atoms with Gasteiger partial charge in [-0.15, -0.1) is 0 Å². The zero-order valence-electron chi connectivity index (χ0n) is 13.6. The third-order valence-electron chi connectivity index (χ3n) is 4.27. The number of H-pyrrole nitrogens is 1. The van der Waals surface area contributed by atoms with E-state index in [2.05, 4.69) is 10.3 Å². The van der Waals surface area contributed by atoms with Crippen LogP contribution in [0.5, 0.6) is 0 Å². The second-order valence-electron chi connectivity index (χ2n) is 6.52. The van der Waals surface area contributed by atoms with Crippen LogP contribution in [0.3, 0.4) is 0 Å². The topological polar surface area (TPSA) is 65.2 Å². The molecule has 0 radical (unpaired) electrons. The highest BCUT2D eigenvalue weighted by Crippen LogP contribution is 2.21. The second-order valence-corrected chi connectivity index (χ2v) is 6.52. The summed E-state index contributed by atoms with van der Waals surface area (Å²) in [6.07, 6.45) is 1.71. The van der Waals surface area contributed by atoms with Crippen molar-refractivity contribution >= 4 is 22.7 Å². The van der Waals surface area contributed by atoms with Crippen LogP contribution < -0.4 is 5.32 Å². The van der Waals surface area contributed by atoms with E-state index in [9.17, 15) is 9.59 Å². The fourth-order valence-corrected chi connectivity index (χ4v) is 3.14. The molecule has 0 saturated carbocycles. The molecule has 2 amide bonds. The Balaban J connectivity index is 1.72. The van der Waals surface area contributed by atoms with E-state index in [0.717, 1.165) is 23.7 Å². The van der Waals surface area contributed by atoms with Crippen molar-refractivity contribution in [2.24, 2.45) is 5.92 Å². The standard InChI is InChI=1S/C18H23N3O2/c1-12(2)19-17(22)14-7-5-9-21(11-14)18(23)16-10-13-6-3-4-8-15(13)20-16/h3-4,6,8,10,12,14,20H,5,7,9,11H2,1-2H3,(H,19,22)/t14-/m1/s1. The number of carbonyl (C=O) groups excluding carboxylic acids is 2. The molecule has 1 aliphatic heterocycles. The van der Waals surface area contributed by atoms with Crippen LogP contribution in [0, 0.1) is 5.92 Å². The summed E-state index contributed by atoms with van der Waals surface area (Å²) in [7, 11) is 0. The normalized spacial score (nSPS) is 18.4. The molecule has 1 aromatic heterocycles. The number of carbonyl (C=O) groups is 2. The van der Waals surface area contributed by atoms with Crippen LogP contribution in [0.1, 0.15) is 37.2 Å². The van der Waals surface area contributed by atoms with E-state index in [0.29, 0.717) is 18.8 Å². The first-order chi connectivity index (χ1) is 11.0. The molecule has 3 rings (SSSR count). The van der Waals surface area contributed by atoms with Crippen molar-refractivity contribution in [2.45, 2.75) is 32.7 Å². The number of nitrogens with zero attached hydrogens (tertiary/aromatic N) is 1. The molecule has 2 aromatic rings. The molecule has 1 aliphatic rings. The summed E-state index contributed by atoms with van der Waals surface area (Å²) in [6, 6.07) is 9.86. The van der Waals surface area contributed by atoms with Crippen molar-refractivity contribution < 1.29 is 9.59 Å². The van der Waals surface area contributed by atoms with Gasteiger partial charge in [0, 0.05) is 30.0 Å². The van der Waals surface area contributed by atoms with Crippen LogP contribution in [0.4, 0.5) is 0 Å². The van der Waals surface area contributed by atoms with E-state index >= 15 is 0 Å². The van der Waals surface area contributed by atoms with E-state index in [-0.39, 0.29) is 23.8 Å². The molecular formula is C18H23N3O2. The fraction of sp³-hybridized carbons (Fsp3) is 0.444. The molecule has 1 atom stereocenters. The monoisotopic (exact) mass is 313 g/mol. The highest BCUT2D eigenvalue weighted by Gasteiger charge is 2.29. The number of nitrogens with one attached hydrogen (secondary N) is 2. The molecule has 23 heavy (non-hydrogen) atoms. The Bertz CT molecular complexity index is 687. The van der Waals surface area contributed by atoms with Gasteiger partial charge in [0.25, 0.3) is 5.91 Å². The summed E-state index contributed by atoms with van der Waals surface area (Å²) >= 11 is 0. The molecule has 122 valence electrons. The second kappa shape index (κ2) is 6.44.